The predicted molar refractivity (Wildman–Crippen MR) is 84.3 cm³/mol. The van der Waals surface area contributed by atoms with E-state index in [2.05, 4.69) is 17.4 Å². The Kier molecular flexibility index (Phi) is 5.12. The van der Waals surface area contributed by atoms with Crippen LogP contribution in [0.1, 0.15) is 11.1 Å². The zero-order valence-electron chi connectivity index (χ0n) is 12.3. The second kappa shape index (κ2) is 6.85. The first-order valence-corrected chi connectivity index (χ1v) is 8.20. The lowest BCUT2D eigenvalue weighted by Gasteiger charge is -2.12. The lowest BCUT2D eigenvalue weighted by molar-refractivity contribution is 0.520. The molecule has 2 rings (SSSR count). The second-order valence-electron chi connectivity index (χ2n) is 5.02. The highest BCUT2D eigenvalue weighted by atomic mass is 32.2. The Hall–Kier alpha value is -1.69. The second-order valence-corrected chi connectivity index (χ2v) is 7.17. The topological polar surface area (TPSA) is 49.4 Å². The molecule has 5 heteroatoms. The van der Waals surface area contributed by atoms with Gasteiger partial charge in [0.25, 0.3) is 0 Å². The molecule has 4 nitrogen and oxygen atoms in total. The highest BCUT2D eigenvalue weighted by Crippen LogP contribution is 2.14. The van der Waals surface area contributed by atoms with Gasteiger partial charge in [0.15, 0.2) is 0 Å². The highest BCUT2D eigenvalue weighted by molar-refractivity contribution is 7.89. The van der Waals surface area contributed by atoms with Crippen molar-refractivity contribution in [1.82, 2.24) is 9.62 Å². The van der Waals surface area contributed by atoms with Crippen molar-refractivity contribution in [2.75, 3.05) is 14.1 Å². The van der Waals surface area contributed by atoms with Gasteiger partial charge in [-0.25, -0.2) is 12.7 Å². The molecule has 1 N–H and O–H groups in total. The summed E-state index contributed by atoms with van der Waals surface area (Å²) in [6.07, 6.45) is 0. The van der Waals surface area contributed by atoms with E-state index in [9.17, 15) is 8.42 Å². The Bertz CT molecular complexity index is 665. The summed E-state index contributed by atoms with van der Waals surface area (Å²) in [6, 6.07) is 17.1. The van der Waals surface area contributed by atoms with Crippen LogP contribution in [0.15, 0.2) is 59.5 Å². The molecule has 0 heterocycles. The Morgan fingerprint density at radius 1 is 0.857 bits per heavy atom. The van der Waals surface area contributed by atoms with Crippen LogP contribution in [0.3, 0.4) is 0 Å². The molecule has 0 aliphatic rings. The molecular weight excluding hydrogens is 284 g/mol. The lowest BCUT2D eigenvalue weighted by Crippen LogP contribution is -2.22. The molecule has 2 aromatic rings. The SMILES string of the molecule is CN(C)S(=O)(=O)c1ccc(CNCc2ccccc2)cc1. The molecule has 21 heavy (non-hydrogen) atoms. The number of hydrogen-bond acceptors (Lipinski definition) is 3. The fourth-order valence-electron chi connectivity index (χ4n) is 1.94. The lowest BCUT2D eigenvalue weighted by atomic mass is 10.2. The van der Waals surface area contributed by atoms with Gasteiger partial charge in [0.1, 0.15) is 0 Å². The molecular formula is C16H20N2O2S. The van der Waals surface area contributed by atoms with Gasteiger partial charge < -0.3 is 5.32 Å². The Labute approximate surface area is 126 Å². The van der Waals surface area contributed by atoms with Crippen molar-refractivity contribution in [2.45, 2.75) is 18.0 Å². The van der Waals surface area contributed by atoms with Gasteiger partial charge in [-0.05, 0) is 23.3 Å². The number of rotatable bonds is 6. The van der Waals surface area contributed by atoms with Crippen LogP contribution < -0.4 is 5.32 Å². The minimum atomic E-state index is -3.34. The number of nitrogens with zero attached hydrogens (tertiary/aromatic N) is 1. The summed E-state index contributed by atoms with van der Waals surface area (Å²) in [4.78, 5) is 0.319. The van der Waals surface area contributed by atoms with Gasteiger partial charge in [0.2, 0.25) is 10.0 Å². The summed E-state index contributed by atoms with van der Waals surface area (Å²) in [7, 11) is -0.279. The maximum atomic E-state index is 12.0. The first kappa shape index (κ1) is 15.7. The molecule has 0 spiro atoms. The van der Waals surface area contributed by atoms with Gasteiger partial charge in [-0.3, -0.25) is 0 Å². The Morgan fingerprint density at radius 2 is 1.38 bits per heavy atom. The van der Waals surface area contributed by atoms with E-state index < -0.39 is 10.0 Å². The van der Waals surface area contributed by atoms with Crippen LogP contribution >= 0.6 is 0 Å². The van der Waals surface area contributed by atoms with E-state index in [-0.39, 0.29) is 0 Å². The summed E-state index contributed by atoms with van der Waals surface area (Å²) in [6.45, 7) is 1.50. The zero-order valence-corrected chi connectivity index (χ0v) is 13.1. The minimum absolute atomic E-state index is 0.319. The molecule has 0 aromatic heterocycles. The summed E-state index contributed by atoms with van der Waals surface area (Å²) in [5, 5.41) is 3.34. The van der Waals surface area contributed by atoms with Crippen LogP contribution in [0.25, 0.3) is 0 Å². The standard InChI is InChI=1S/C16H20N2O2S/c1-18(2)21(19,20)16-10-8-15(9-11-16)13-17-12-14-6-4-3-5-7-14/h3-11,17H,12-13H2,1-2H3. The van der Waals surface area contributed by atoms with Crippen molar-refractivity contribution in [3.05, 3.63) is 65.7 Å². The Balaban J connectivity index is 1.94. The fraction of sp³-hybridized carbons (Fsp3) is 0.250. The summed E-state index contributed by atoms with van der Waals surface area (Å²) >= 11 is 0. The molecule has 112 valence electrons. The molecule has 0 bridgehead atoms. The molecule has 0 saturated carbocycles. The first-order chi connectivity index (χ1) is 10.00. The number of sulfonamides is 1. The molecule has 0 aliphatic heterocycles. The number of hydrogen-bond donors (Lipinski definition) is 1. The molecule has 0 radical (unpaired) electrons. The number of benzene rings is 2. The van der Waals surface area contributed by atoms with E-state index in [1.54, 1.807) is 12.1 Å². The molecule has 2 aromatic carbocycles. The van der Waals surface area contributed by atoms with Gasteiger partial charge in [-0.2, -0.15) is 0 Å². The summed E-state index contributed by atoms with van der Waals surface area (Å²) < 4.78 is 25.1. The average molecular weight is 304 g/mol. The van der Waals surface area contributed by atoms with Gasteiger partial charge >= 0.3 is 0 Å². The normalized spacial score (nSPS) is 11.8. The van der Waals surface area contributed by atoms with Crippen LogP contribution in [0, 0.1) is 0 Å². The van der Waals surface area contributed by atoms with Gasteiger partial charge in [0, 0.05) is 27.2 Å². The van der Waals surface area contributed by atoms with Crippen molar-refractivity contribution in [2.24, 2.45) is 0 Å². The van der Waals surface area contributed by atoms with Crippen LogP contribution in [-0.4, -0.2) is 26.8 Å². The Morgan fingerprint density at radius 3 is 1.90 bits per heavy atom. The molecule has 0 fully saturated rings. The smallest absolute Gasteiger partial charge is 0.242 e. The van der Waals surface area contributed by atoms with Crippen LogP contribution in [0.4, 0.5) is 0 Å². The molecule has 0 aliphatic carbocycles. The molecule has 0 unspecified atom stereocenters. The zero-order chi connectivity index (χ0) is 15.3. The van der Waals surface area contributed by atoms with Gasteiger partial charge in [-0.1, -0.05) is 42.5 Å². The number of nitrogens with one attached hydrogen (secondary N) is 1. The van der Waals surface area contributed by atoms with Crippen LogP contribution in [-0.2, 0) is 23.1 Å². The van der Waals surface area contributed by atoms with E-state index in [0.717, 1.165) is 12.1 Å². The largest absolute Gasteiger partial charge is 0.309 e. The molecule has 0 saturated heterocycles. The maximum absolute atomic E-state index is 12.0. The molecule has 0 atom stereocenters. The van der Waals surface area contributed by atoms with E-state index in [0.29, 0.717) is 11.4 Å². The fourth-order valence-corrected chi connectivity index (χ4v) is 2.84. The van der Waals surface area contributed by atoms with E-state index in [4.69, 9.17) is 0 Å². The first-order valence-electron chi connectivity index (χ1n) is 6.76. The predicted octanol–water partition coefficient (Wildman–Crippen LogP) is 2.23. The maximum Gasteiger partial charge on any atom is 0.242 e. The third-order valence-electron chi connectivity index (χ3n) is 3.20. The van der Waals surface area contributed by atoms with E-state index >= 15 is 0 Å². The van der Waals surface area contributed by atoms with E-state index in [1.807, 2.05) is 30.3 Å². The van der Waals surface area contributed by atoms with Crippen molar-refractivity contribution >= 4 is 10.0 Å². The minimum Gasteiger partial charge on any atom is -0.309 e. The van der Waals surface area contributed by atoms with Crippen molar-refractivity contribution < 1.29 is 8.42 Å². The quantitative estimate of drug-likeness (QED) is 0.890. The van der Waals surface area contributed by atoms with Gasteiger partial charge in [-0.15, -0.1) is 0 Å². The van der Waals surface area contributed by atoms with Crippen molar-refractivity contribution in [1.29, 1.82) is 0 Å². The van der Waals surface area contributed by atoms with Crippen molar-refractivity contribution in [3.63, 3.8) is 0 Å². The van der Waals surface area contributed by atoms with Crippen molar-refractivity contribution in [3.8, 4) is 0 Å². The monoisotopic (exact) mass is 304 g/mol. The van der Waals surface area contributed by atoms with Crippen LogP contribution in [0.2, 0.25) is 0 Å². The van der Waals surface area contributed by atoms with Gasteiger partial charge in [0.05, 0.1) is 4.90 Å². The van der Waals surface area contributed by atoms with E-state index in [1.165, 1.54) is 24.0 Å². The van der Waals surface area contributed by atoms with Crippen LogP contribution in [0.5, 0.6) is 0 Å². The highest BCUT2D eigenvalue weighted by Gasteiger charge is 2.16. The third kappa shape index (κ3) is 4.14. The summed E-state index contributed by atoms with van der Waals surface area (Å²) in [5.74, 6) is 0. The third-order valence-corrected chi connectivity index (χ3v) is 5.03. The average Bonchev–Trinajstić information content (AvgIpc) is 2.49. The molecule has 0 amide bonds. The summed E-state index contributed by atoms with van der Waals surface area (Å²) in [5.41, 5.74) is 2.29.